The second kappa shape index (κ2) is 5.33. The highest BCUT2D eigenvalue weighted by molar-refractivity contribution is 5.98. The normalized spacial score (nSPS) is 11.7. The second-order valence-electron chi connectivity index (χ2n) is 4.34. The molecular formula is C11H15F3N4O. The lowest BCUT2D eigenvalue weighted by atomic mass is 10.2. The number of carbonyl (C=O) groups excluding carboxylic acids is 1. The number of pyridine rings is 1. The fraction of sp³-hybridized carbons (Fsp3) is 0.455. The molecule has 1 aromatic heterocycles. The molecule has 0 spiro atoms. The van der Waals surface area contributed by atoms with E-state index in [0.717, 1.165) is 4.90 Å². The molecule has 1 rings (SSSR count). The number of nitrogens with zero attached hydrogens (tertiary/aromatic N) is 2. The Morgan fingerprint density at radius 3 is 2.47 bits per heavy atom. The van der Waals surface area contributed by atoms with Crippen LogP contribution in [0, 0.1) is 0 Å². The molecule has 1 amide bonds. The molecule has 1 aromatic rings. The average Bonchev–Trinajstić information content (AvgIpc) is 2.24. The zero-order chi connectivity index (χ0) is 14.8. The first-order chi connectivity index (χ1) is 8.61. The summed E-state index contributed by atoms with van der Waals surface area (Å²) in [5, 5.41) is 0. The number of aromatic nitrogens is 1. The Labute approximate surface area is 108 Å². The first kappa shape index (κ1) is 15.1. The molecule has 0 atom stereocenters. The molecule has 5 nitrogen and oxygen atoms in total. The van der Waals surface area contributed by atoms with Gasteiger partial charge in [0.15, 0.2) is 0 Å². The number of alkyl halides is 3. The summed E-state index contributed by atoms with van der Waals surface area (Å²) in [5.41, 5.74) is 10.6. The van der Waals surface area contributed by atoms with Gasteiger partial charge in [-0.3, -0.25) is 4.79 Å². The Morgan fingerprint density at radius 1 is 1.47 bits per heavy atom. The fourth-order valence-electron chi connectivity index (χ4n) is 1.58. The number of nitrogens with two attached hydrogens (primary N) is 2. The Balaban J connectivity index is 3.27. The minimum absolute atomic E-state index is 0.117. The van der Waals surface area contributed by atoms with Gasteiger partial charge in [-0.15, -0.1) is 0 Å². The summed E-state index contributed by atoms with van der Waals surface area (Å²) in [5.74, 6) is -0.989. The first-order valence-electron chi connectivity index (χ1n) is 5.50. The van der Waals surface area contributed by atoms with Crippen LogP contribution in [0.5, 0.6) is 0 Å². The van der Waals surface area contributed by atoms with Crippen LogP contribution in [0.15, 0.2) is 12.3 Å². The van der Waals surface area contributed by atoms with E-state index < -0.39 is 24.7 Å². The molecule has 0 aliphatic heterocycles. The number of halogens is 3. The molecule has 0 aromatic carbocycles. The summed E-state index contributed by atoms with van der Waals surface area (Å²) < 4.78 is 37.7. The molecule has 0 saturated heterocycles. The van der Waals surface area contributed by atoms with Crippen LogP contribution in [0.25, 0.3) is 0 Å². The average molecular weight is 276 g/mol. The van der Waals surface area contributed by atoms with E-state index in [1.807, 2.05) is 0 Å². The van der Waals surface area contributed by atoms with Gasteiger partial charge in [-0.25, -0.2) is 4.98 Å². The van der Waals surface area contributed by atoms with Crippen molar-refractivity contribution in [1.82, 2.24) is 4.98 Å². The third kappa shape index (κ3) is 4.01. The molecule has 0 unspecified atom stereocenters. The lowest BCUT2D eigenvalue weighted by Crippen LogP contribution is -2.40. The smallest absolute Gasteiger partial charge is 0.397 e. The van der Waals surface area contributed by atoms with E-state index in [-0.39, 0.29) is 17.1 Å². The van der Waals surface area contributed by atoms with Crippen LogP contribution >= 0.6 is 0 Å². The van der Waals surface area contributed by atoms with Crippen LogP contribution in [-0.4, -0.2) is 29.7 Å². The van der Waals surface area contributed by atoms with Crippen molar-refractivity contribution < 1.29 is 18.0 Å². The van der Waals surface area contributed by atoms with Crippen LogP contribution in [0.2, 0.25) is 0 Å². The van der Waals surface area contributed by atoms with E-state index in [9.17, 15) is 18.0 Å². The van der Waals surface area contributed by atoms with Crippen molar-refractivity contribution in [2.45, 2.75) is 26.1 Å². The summed E-state index contributed by atoms with van der Waals surface area (Å²) in [6.45, 7) is 1.91. The fourth-order valence-corrected chi connectivity index (χ4v) is 1.58. The molecule has 1 heterocycles. The van der Waals surface area contributed by atoms with Crippen molar-refractivity contribution in [3.8, 4) is 0 Å². The maximum absolute atomic E-state index is 12.6. The Morgan fingerprint density at radius 2 is 2.05 bits per heavy atom. The lowest BCUT2D eigenvalue weighted by Gasteiger charge is -2.30. The molecule has 0 aliphatic carbocycles. The van der Waals surface area contributed by atoms with E-state index in [1.165, 1.54) is 12.3 Å². The molecule has 0 bridgehead atoms. The highest BCUT2D eigenvalue weighted by Crippen LogP contribution is 2.26. The predicted octanol–water partition coefficient (Wildman–Crippen LogP) is 1.54. The molecule has 8 heteroatoms. The zero-order valence-corrected chi connectivity index (χ0v) is 10.5. The van der Waals surface area contributed by atoms with Gasteiger partial charge in [0.25, 0.3) is 5.91 Å². The van der Waals surface area contributed by atoms with Crippen molar-refractivity contribution in [2.75, 3.05) is 17.2 Å². The topological polar surface area (TPSA) is 85.2 Å². The molecule has 0 fully saturated rings. The standard InChI is InChI=1S/C11H15F3N4O/c1-6(2)18(5-11(12,13)14)10-8(9(16)19)3-7(15)4-17-10/h3-4,6H,5,15H2,1-2H3,(H2,16,19). The molecule has 0 aliphatic rings. The van der Waals surface area contributed by atoms with Crippen molar-refractivity contribution in [3.05, 3.63) is 17.8 Å². The van der Waals surface area contributed by atoms with Crippen molar-refractivity contribution in [3.63, 3.8) is 0 Å². The predicted molar refractivity (Wildman–Crippen MR) is 65.7 cm³/mol. The lowest BCUT2D eigenvalue weighted by molar-refractivity contribution is -0.120. The van der Waals surface area contributed by atoms with E-state index in [1.54, 1.807) is 13.8 Å². The van der Waals surface area contributed by atoms with Crippen molar-refractivity contribution in [2.24, 2.45) is 5.73 Å². The third-order valence-electron chi connectivity index (χ3n) is 2.40. The molecular weight excluding hydrogens is 261 g/mol. The summed E-state index contributed by atoms with van der Waals surface area (Å²) >= 11 is 0. The van der Waals surface area contributed by atoms with E-state index >= 15 is 0 Å². The van der Waals surface area contributed by atoms with Gasteiger partial charge in [0.2, 0.25) is 0 Å². The highest BCUT2D eigenvalue weighted by atomic mass is 19.4. The van der Waals surface area contributed by atoms with Crippen LogP contribution in [-0.2, 0) is 0 Å². The molecule has 106 valence electrons. The first-order valence-corrected chi connectivity index (χ1v) is 5.50. The van der Waals surface area contributed by atoms with Gasteiger partial charge in [-0.05, 0) is 19.9 Å². The van der Waals surface area contributed by atoms with Crippen molar-refractivity contribution >= 4 is 17.4 Å². The number of hydrogen-bond acceptors (Lipinski definition) is 4. The maximum Gasteiger partial charge on any atom is 0.405 e. The number of rotatable bonds is 4. The van der Waals surface area contributed by atoms with E-state index in [2.05, 4.69) is 4.98 Å². The minimum Gasteiger partial charge on any atom is -0.397 e. The third-order valence-corrected chi connectivity index (χ3v) is 2.40. The summed E-state index contributed by atoms with van der Waals surface area (Å²) in [6, 6.07) is 0.715. The molecule has 0 radical (unpaired) electrons. The van der Waals surface area contributed by atoms with Crippen LogP contribution in [0.4, 0.5) is 24.7 Å². The zero-order valence-electron chi connectivity index (χ0n) is 10.5. The van der Waals surface area contributed by atoms with Crippen LogP contribution in [0.1, 0.15) is 24.2 Å². The molecule has 19 heavy (non-hydrogen) atoms. The van der Waals surface area contributed by atoms with Gasteiger partial charge in [0.05, 0.1) is 17.4 Å². The van der Waals surface area contributed by atoms with Crippen LogP contribution in [0.3, 0.4) is 0 Å². The summed E-state index contributed by atoms with van der Waals surface area (Å²) in [6.07, 6.45) is -3.23. The van der Waals surface area contributed by atoms with Gasteiger partial charge in [0.1, 0.15) is 12.4 Å². The maximum atomic E-state index is 12.6. The monoisotopic (exact) mass is 276 g/mol. The molecule has 0 saturated carbocycles. The van der Waals surface area contributed by atoms with Gasteiger partial charge in [0, 0.05) is 6.04 Å². The van der Waals surface area contributed by atoms with Gasteiger partial charge in [-0.1, -0.05) is 0 Å². The number of anilines is 2. The van der Waals surface area contributed by atoms with Gasteiger partial charge < -0.3 is 16.4 Å². The Kier molecular flexibility index (Phi) is 4.23. The van der Waals surface area contributed by atoms with E-state index in [4.69, 9.17) is 11.5 Å². The highest BCUT2D eigenvalue weighted by Gasteiger charge is 2.33. The molecule has 4 N–H and O–H groups in total. The Bertz CT molecular complexity index is 473. The SMILES string of the molecule is CC(C)N(CC(F)(F)F)c1ncc(N)cc1C(N)=O. The summed E-state index contributed by atoms with van der Waals surface area (Å²) in [7, 11) is 0. The number of primary amides is 1. The Hall–Kier alpha value is -1.99. The minimum atomic E-state index is -4.41. The van der Waals surface area contributed by atoms with Gasteiger partial charge >= 0.3 is 6.18 Å². The largest absolute Gasteiger partial charge is 0.405 e. The quantitative estimate of drug-likeness (QED) is 0.873. The second-order valence-corrected chi connectivity index (χ2v) is 4.34. The van der Waals surface area contributed by atoms with Crippen LogP contribution < -0.4 is 16.4 Å². The van der Waals surface area contributed by atoms with Crippen molar-refractivity contribution in [1.29, 1.82) is 0 Å². The summed E-state index contributed by atoms with van der Waals surface area (Å²) in [4.78, 5) is 16.0. The van der Waals surface area contributed by atoms with Gasteiger partial charge in [-0.2, -0.15) is 13.2 Å². The number of hydrogen-bond donors (Lipinski definition) is 2. The van der Waals surface area contributed by atoms with E-state index in [0.29, 0.717) is 0 Å². The number of carbonyl (C=O) groups is 1. The number of nitrogen functional groups attached to an aromatic ring is 1. The number of amides is 1.